The van der Waals surface area contributed by atoms with E-state index in [2.05, 4.69) is 41.2 Å². The molecule has 1 rings (SSSR count). The minimum absolute atomic E-state index is 0.291. The molecule has 0 nitrogen and oxygen atoms in total. The van der Waals surface area contributed by atoms with E-state index in [0.29, 0.717) is 5.92 Å². The molecule has 0 amide bonds. The van der Waals surface area contributed by atoms with Crippen molar-refractivity contribution < 1.29 is 8.78 Å². The minimum atomic E-state index is -1.30. The van der Waals surface area contributed by atoms with E-state index in [9.17, 15) is 4.39 Å². The van der Waals surface area contributed by atoms with Gasteiger partial charge in [-0.25, -0.2) is 8.78 Å². The molecule has 0 fully saturated rings. The number of rotatable bonds is 9. The molecule has 0 aliphatic heterocycles. The van der Waals surface area contributed by atoms with Crippen molar-refractivity contribution in [3.8, 4) is 0 Å². The summed E-state index contributed by atoms with van der Waals surface area (Å²) in [4.78, 5) is 0. The summed E-state index contributed by atoms with van der Waals surface area (Å²) < 4.78 is 29.5. The molecule has 0 heterocycles. The number of allylic oxidation sites excluding steroid dienone is 7. The molecule has 2 atom stereocenters. The lowest BCUT2D eigenvalue weighted by molar-refractivity contribution is 0.0391. The van der Waals surface area contributed by atoms with Crippen LogP contribution in [-0.2, 0) is 0 Å². The highest BCUT2D eigenvalue weighted by Crippen LogP contribution is 2.49. The lowest BCUT2D eigenvalue weighted by atomic mass is 9.63. The fourth-order valence-corrected chi connectivity index (χ4v) is 4.86. The molecule has 0 aromatic heterocycles. The van der Waals surface area contributed by atoms with Crippen LogP contribution in [0.25, 0.3) is 0 Å². The first-order valence-corrected chi connectivity index (χ1v) is 10.8. The van der Waals surface area contributed by atoms with Crippen molar-refractivity contribution >= 4 is 0 Å². The Bertz CT molecular complexity index is 662. The van der Waals surface area contributed by atoms with Crippen LogP contribution in [-0.4, -0.2) is 11.3 Å². The minimum Gasteiger partial charge on any atom is -0.244 e. The topological polar surface area (TPSA) is 0 Å². The van der Waals surface area contributed by atoms with Crippen molar-refractivity contribution in [3.05, 3.63) is 46.6 Å². The molecule has 1 aliphatic carbocycles. The molecule has 28 heavy (non-hydrogen) atoms. The van der Waals surface area contributed by atoms with E-state index in [1.165, 1.54) is 16.7 Å². The number of hydrogen-bond donors (Lipinski definition) is 0. The van der Waals surface area contributed by atoms with Crippen molar-refractivity contribution in [1.29, 1.82) is 0 Å². The molecule has 160 valence electrons. The van der Waals surface area contributed by atoms with Crippen LogP contribution in [0.5, 0.6) is 0 Å². The zero-order valence-corrected chi connectivity index (χ0v) is 19.7. The monoisotopic (exact) mass is 392 g/mol. The smallest absolute Gasteiger partial charge is 0.130 e. The van der Waals surface area contributed by atoms with Crippen LogP contribution < -0.4 is 0 Å². The van der Waals surface area contributed by atoms with Gasteiger partial charge in [0.15, 0.2) is 0 Å². The maximum atomic E-state index is 15.2. The summed E-state index contributed by atoms with van der Waals surface area (Å²) in [5.41, 5.74) is 2.44. The van der Waals surface area contributed by atoms with E-state index in [0.717, 1.165) is 43.3 Å². The second-order valence-electron chi connectivity index (χ2n) is 9.71. The van der Waals surface area contributed by atoms with Crippen LogP contribution in [0.15, 0.2) is 46.6 Å². The highest BCUT2D eigenvalue weighted by atomic mass is 19.1. The van der Waals surface area contributed by atoms with Crippen molar-refractivity contribution in [1.82, 2.24) is 0 Å². The first-order valence-electron chi connectivity index (χ1n) is 10.8. The van der Waals surface area contributed by atoms with Crippen molar-refractivity contribution in [2.24, 2.45) is 11.3 Å². The van der Waals surface area contributed by atoms with Gasteiger partial charge in [-0.15, -0.1) is 0 Å². The van der Waals surface area contributed by atoms with Gasteiger partial charge in [0, 0.05) is 11.3 Å². The Morgan fingerprint density at radius 3 is 2.11 bits per heavy atom. The van der Waals surface area contributed by atoms with Gasteiger partial charge >= 0.3 is 0 Å². The van der Waals surface area contributed by atoms with Crippen LogP contribution >= 0.6 is 0 Å². The zero-order chi connectivity index (χ0) is 21.9. The normalized spacial score (nSPS) is 21.5. The summed E-state index contributed by atoms with van der Waals surface area (Å²) in [5.74, 6) is 0.291. The second-order valence-corrected chi connectivity index (χ2v) is 9.71. The SMILES string of the molecule is C=C(C/C(C)=C(\C)C1CC=C(C(C)(C)F)C=C1C)C(CC)(CCC)C(C)(C)F. The Balaban J connectivity index is 3.12. The first kappa shape index (κ1) is 24.9. The Labute approximate surface area is 172 Å². The predicted octanol–water partition coefficient (Wildman–Crippen LogP) is 8.85. The fraction of sp³-hybridized carbons (Fsp3) is 0.692. The van der Waals surface area contributed by atoms with Gasteiger partial charge in [-0.05, 0) is 79.7 Å². The molecule has 1 aliphatic rings. The van der Waals surface area contributed by atoms with Gasteiger partial charge in [0.2, 0.25) is 0 Å². The highest BCUT2D eigenvalue weighted by Gasteiger charge is 2.45. The lowest BCUT2D eigenvalue weighted by Gasteiger charge is -2.43. The average Bonchev–Trinajstić information content (AvgIpc) is 2.56. The van der Waals surface area contributed by atoms with Crippen LogP contribution in [0.2, 0.25) is 0 Å². The summed E-state index contributed by atoms with van der Waals surface area (Å²) in [7, 11) is 0. The van der Waals surface area contributed by atoms with Gasteiger partial charge in [0.05, 0.1) is 0 Å². The Morgan fingerprint density at radius 1 is 1.14 bits per heavy atom. The van der Waals surface area contributed by atoms with Gasteiger partial charge in [-0.2, -0.15) is 0 Å². The summed E-state index contributed by atoms with van der Waals surface area (Å²) >= 11 is 0. The standard InChI is InChI=1S/C26H42F2/c1-11-15-26(12-2,25(9,10)28)20(5)16-18(3)21(6)23-14-13-22(17-19(23)4)24(7,8)27/h13,17,23H,5,11-12,14-16H2,1-4,6-10H3/b21-18+. The highest BCUT2D eigenvalue weighted by molar-refractivity contribution is 5.39. The summed E-state index contributed by atoms with van der Waals surface area (Å²) in [6, 6.07) is 0. The van der Waals surface area contributed by atoms with E-state index < -0.39 is 16.8 Å². The first-order chi connectivity index (χ1) is 12.7. The molecular formula is C26H42F2. The molecule has 2 heteroatoms. The quantitative estimate of drug-likeness (QED) is 0.344. The van der Waals surface area contributed by atoms with Crippen molar-refractivity contribution in [3.63, 3.8) is 0 Å². The second kappa shape index (κ2) is 9.09. The van der Waals surface area contributed by atoms with Crippen molar-refractivity contribution in [2.75, 3.05) is 0 Å². The van der Waals surface area contributed by atoms with Crippen molar-refractivity contribution in [2.45, 2.75) is 106 Å². The summed E-state index contributed by atoms with van der Waals surface area (Å²) in [6.45, 7) is 21.6. The predicted molar refractivity (Wildman–Crippen MR) is 120 cm³/mol. The molecule has 0 aromatic carbocycles. The summed E-state index contributed by atoms with van der Waals surface area (Å²) in [5, 5.41) is 0. The largest absolute Gasteiger partial charge is 0.244 e. The molecule has 0 saturated carbocycles. The molecular weight excluding hydrogens is 350 g/mol. The van der Waals surface area contributed by atoms with E-state index in [-0.39, 0.29) is 0 Å². The van der Waals surface area contributed by atoms with Gasteiger partial charge in [-0.3, -0.25) is 0 Å². The fourth-order valence-electron chi connectivity index (χ4n) is 4.86. The Hall–Kier alpha value is -1.18. The molecule has 0 saturated heterocycles. The zero-order valence-electron chi connectivity index (χ0n) is 19.7. The molecule has 0 radical (unpaired) electrons. The number of alkyl halides is 2. The third-order valence-corrected chi connectivity index (χ3v) is 6.96. The molecule has 2 unspecified atom stereocenters. The van der Waals surface area contributed by atoms with Gasteiger partial charge in [0.1, 0.15) is 11.3 Å². The van der Waals surface area contributed by atoms with Gasteiger partial charge in [-0.1, -0.05) is 61.3 Å². The van der Waals surface area contributed by atoms with Gasteiger partial charge < -0.3 is 0 Å². The summed E-state index contributed by atoms with van der Waals surface area (Å²) in [6.07, 6.45) is 8.09. The molecule has 0 bridgehead atoms. The van der Waals surface area contributed by atoms with Crippen LogP contribution in [0, 0.1) is 11.3 Å². The maximum Gasteiger partial charge on any atom is 0.130 e. The number of halogens is 2. The average molecular weight is 393 g/mol. The maximum absolute atomic E-state index is 15.2. The third kappa shape index (κ3) is 5.24. The Kier molecular flexibility index (Phi) is 8.07. The third-order valence-electron chi connectivity index (χ3n) is 6.96. The van der Waals surface area contributed by atoms with E-state index in [1.807, 2.05) is 12.2 Å². The van der Waals surface area contributed by atoms with E-state index in [4.69, 9.17) is 0 Å². The molecule has 0 spiro atoms. The van der Waals surface area contributed by atoms with Crippen LogP contribution in [0.3, 0.4) is 0 Å². The van der Waals surface area contributed by atoms with E-state index in [1.54, 1.807) is 27.7 Å². The lowest BCUT2D eigenvalue weighted by Crippen LogP contribution is -2.41. The van der Waals surface area contributed by atoms with Crippen LogP contribution in [0.1, 0.15) is 94.4 Å². The van der Waals surface area contributed by atoms with Gasteiger partial charge in [0.25, 0.3) is 0 Å². The molecule has 0 aromatic rings. The van der Waals surface area contributed by atoms with Crippen LogP contribution in [0.4, 0.5) is 8.78 Å². The molecule has 0 N–H and O–H groups in total. The Morgan fingerprint density at radius 2 is 1.71 bits per heavy atom. The number of hydrogen-bond acceptors (Lipinski definition) is 0. The van der Waals surface area contributed by atoms with E-state index >= 15 is 4.39 Å².